The van der Waals surface area contributed by atoms with Gasteiger partial charge in [0.25, 0.3) is 5.91 Å². The van der Waals surface area contributed by atoms with Crippen LogP contribution in [-0.4, -0.2) is 58.8 Å². The summed E-state index contributed by atoms with van der Waals surface area (Å²) in [4.78, 5) is 26.2. The van der Waals surface area contributed by atoms with Crippen molar-refractivity contribution in [2.75, 3.05) is 18.9 Å². The van der Waals surface area contributed by atoms with Gasteiger partial charge in [0, 0.05) is 36.7 Å². The molecule has 7 atom stereocenters. The molecule has 1 saturated heterocycles. The molecule has 4 aromatic rings. The van der Waals surface area contributed by atoms with E-state index in [2.05, 4.69) is 22.3 Å². The molecular formula is C39H44N2O7. The second-order valence-corrected chi connectivity index (χ2v) is 12.3. The Balaban J connectivity index is 1.49. The summed E-state index contributed by atoms with van der Waals surface area (Å²) in [5, 5.41) is 23.8. The molecule has 0 aromatic heterocycles. The quantitative estimate of drug-likeness (QED) is 0.158. The topological polar surface area (TPSA) is 118 Å². The number of aliphatic hydroxyl groups is 2. The van der Waals surface area contributed by atoms with Gasteiger partial charge >= 0.3 is 5.97 Å². The number of hydrogen-bond acceptors (Lipinski definition) is 8. The first-order valence-electron chi connectivity index (χ1n) is 16.2. The van der Waals surface area contributed by atoms with E-state index in [1.165, 1.54) is 13.8 Å². The Kier molecular flexibility index (Phi) is 11.8. The predicted octanol–water partition coefficient (Wildman–Crippen LogP) is 6.06. The van der Waals surface area contributed by atoms with Crippen molar-refractivity contribution in [3.8, 4) is 0 Å². The maximum absolute atomic E-state index is 12.7. The Labute approximate surface area is 282 Å². The van der Waals surface area contributed by atoms with Gasteiger partial charge in [-0.3, -0.25) is 14.5 Å². The summed E-state index contributed by atoms with van der Waals surface area (Å²) in [6, 6.07) is 34.5. The number of aliphatic hydroxyl groups excluding tert-OH is 2. The number of ether oxygens (including phenoxy) is 3. The molecule has 48 heavy (non-hydrogen) atoms. The summed E-state index contributed by atoms with van der Waals surface area (Å²) in [6.45, 7) is 5.19. The molecule has 0 spiro atoms. The standard InChI is InChI=1S/C39H44N2O7/c1-25(36(44)30-14-9-6-10-15-30)41(4)23-34-35(29-12-7-5-8-13-29)37(31-20-18-28(24-42)19-21-31)48-39(47-34)32-16-11-17-33(22-32)40-38(45)26(2)46-27(3)43/h5-22,25-26,34-37,39,42,44H,23-24H2,1-4H3,(H,40,45)/t25-,26-,34+,35+,36-,37-,39?/m0/s1. The minimum Gasteiger partial charge on any atom is -0.453 e. The van der Waals surface area contributed by atoms with E-state index in [0.29, 0.717) is 17.8 Å². The molecule has 1 aliphatic rings. The monoisotopic (exact) mass is 652 g/mol. The molecule has 5 rings (SSSR count). The van der Waals surface area contributed by atoms with Gasteiger partial charge in [0.05, 0.1) is 24.9 Å². The molecule has 4 aromatic carbocycles. The maximum atomic E-state index is 12.7. The average molecular weight is 653 g/mol. The van der Waals surface area contributed by atoms with Gasteiger partial charge in [0.15, 0.2) is 12.4 Å². The zero-order valence-electron chi connectivity index (χ0n) is 27.7. The van der Waals surface area contributed by atoms with Crippen LogP contribution in [0.3, 0.4) is 0 Å². The minimum absolute atomic E-state index is 0.0662. The van der Waals surface area contributed by atoms with Crippen LogP contribution in [0.4, 0.5) is 5.69 Å². The SMILES string of the molecule is CC(=O)O[C@@H](C)C(=O)Nc1cccc(C2O[C@H](CN(C)[C@@H](C)[C@H](O)c3ccccc3)[C@@H](c3ccccc3)[C@H](c3ccc(CO)cc3)O2)c1. The van der Waals surface area contributed by atoms with Crippen molar-refractivity contribution in [2.24, 2.45) is 0 Å². The molecule has 0 radical (unpaired) electrons. The smallest absolute Gasteiger partial charge is 0.303 e. The van der Waals surface area contributed by atoms with E-state index in [4.69, 9.17) is 14.2 Å². The first kappa shape index (κ1) is 34.9. The van der Waals surface area contributed by atoms with Crippen molar-refractivity contribution >= 4 is 17.6 Å². The average Bonchev–Trinajstić information content (AvgIpc) is 3.11. The number of carbonyl (C=O) groups excluding carboxylic acids is 2. The summed E-state index contributed by atoms with van der Waals surface area (Å²) >= 11 is 0. The Hall–Kier alpha value is -4.38. The zero-order chi connectivity index (χ0) is 34.2. The Morgan fingerprint density at radius 1 is 0.854 bits per heavy atom. The number of hydrogen-bond donors (Lipinski definition) is 3. The summed E-state index contributed by atoms with van der Waals surface area (Å²) in [5.74, 6) is -1.22. The highest BCUT2D eigenvalue weighted by Gasteiger charge is 2.43. The molecule has 0 aliphatic carbocycles. The van der Waals surface area contributed by atoms with Crippen molar-refractivity contribution in [3.63, 3.8) is 0 Å². The summed E-state index contributed by atoms with van der Waals surface area (Å²) in [7, 11) is 1.98. The Morgan fingerprint density at radius 3 is 2.15 bits per heavy atom. The van der Waals surface area contributed by atoms with Gasteiger partial charge in [-0.15, -0.1) is 0 Å². The second kappa shape index (κ2) is 16.1. The Morgan fingerprint density at radius 2 is 1.50 bits per heavy atom. The first-order valence-corrected chi connectivity index (χ1v) is 16.2. The number of anilines is 1. The zero-order valence-corrected chi connectivity index (χ0v) is 27.7. The normalized spacial score (nSPS) is 21.2. The third-order valence-corrected chi connectivity index (χ3v) is 8.87. The molecule has 1 aliphatic heterocycles. The van der Waals surface area contributed by atoms with Gasteiger partial charge in [0.2, 0.25) is 0 Å². The molecule has 1 amide bonds. The molecule has 252 valence electrons. The number of nitrogens with zero attached hydrogens (tertiary/aromatic N) is 1. The van der Waals surface area contributed by atoms with E-state index < -0.39 is 36.5 Å². The molecule has 3 N–H and O–H groups in total. The van der Waals surface area contributed by atoms with Crippen LogP contribution in [-0.2, 0) is 30.4 Å². The lowest BCUT2D eigenvalue weighted by molar-refractivity contribution is -0.264. The number of carbonyl (C=O) groups is 2. The number of esters is 1. The highest BCUT2D eigenvalue weighted by Crippen LogP contribution is 2.47. The van der Waals surface area contributed by atoms with E-state index in [1.807, 2.05) is 98.9 Å². The fourth-order valence-electron chi connectivity index (χ4n) is 6.09. The van der Waals surface area contributed by atoms with E-state index in [-0.39, 0.29) is 24.7 Å². The second-order valence-electron chi connectivity index (χ2n) is 12.3. The van der Waals surface area contributed by atoms with E-state index in [1.54, 1.807) is 12.1 Å². The lowest BCUT2D eigenvalue weighted by atomic mass is 9.83. The van der Waals surface area contributed by atoms with Crippen molar-refractivity contribution in [3.05, 3.63) is 137 Å². The number of nitrogens with one attached hydrogen (secondary N) is 1. The lowest BCUT2D eigenvalue weighted by Gasteiger charge is -2.45. The van der Waals surface area contributed by atoms with Crippen LogP contribution < -0.4 is 5.32 Å². The van der Waals surface area contributed by atoms with Gasteiger partial charge in [-0.2, -0.15) is 0 Å². The Bertz CT molecular complexity index is 1630. The van der Waals surface area contributed by atoms with Crippen LogP contribution >= 0.6 is 0 Å². The minimum atomic E-state index is -0.959. The van der Waals surface area contributed by atoms with E-state index in [0.717, 1.165) is 22.3 Å². The number of amides is 1. The molecule has 9 heteroatoms. The van der Waals surface area contributed by atoms with E-state index >= 15 is 0 Å². The van der Waals surface area contributed by atoms with Crippen LogP contribution in [0.1, 0.15) is 73.0 Å². The summed E-state index contributed by atoms with van der Waals surface area (Å²) < 4.78 is 18.7. The number of rotatable bonds is 12. The number of benzene rings is 4. The van der Waals surface area contributed by atoms with Crippen LogP contribution in [0.5, 0.6) is 0 Å². The fourth-order valence-corrected chi connectivity index (χ4v) is 6.09. The molecule has 1 heterocycles. The fraction of sp³-hybridized carbons (Fsp3) is 0.333. The predicted molar refractivity (Wildman–Crippen MR) is 183 cm³/mol. The molecule has 1 unspecified atom stereocenters. The van der Waals surface area contributed by atoms with Crippen molar-refractivity contribution < 1.29 is 34.0 Å². The first-order chi connectivity index (χ1) is 23.1. The van der Waals surface area contributed by atoms with Crippen LogP contribution in [0.2, 0.25) is 0 Å². The van der Waals surface area contributed by atoms with Crippen molar-refractivity contribution in [1.29, 1.82) is 0 Å². The molecule has 1 fully saturated rings. The molecule has 9 nitrogen and oxygen atoms in total. The van der Waals surface area contributed by atoms with Gasteiger partial charge in [-0.05, 0) is 55.3 Å². The lowest BCUT2D eigenvalue weighted by Crippen LogP contribution is -2.46. The molecular weight excluding hydrogens is 608 g/mol. The van der Waals surface area contributed by atoms with Gasteiger partial charge in [-0.25, -0.2) is 0 Å². The maximum Gasteiger partial charge on any atom is 0.303 e. The van der Waals surface area contributed by atoms with Gasteiger partial charge in [-0.1, -0.05) is 97.1 Å². The van der Waals surface area contributed by atoms with Crippen LogP contribution in [0, 0.1) is 0 Å². The largest absolute Gasteiger partial charge is 0.453 e. The molecule has 0 bridgehead atoms. The van der Waals surface area contributed by atoms with Crippen molar-refractivity contribution in [1.82, 2.24) is 4.90 Å². The van der Waals surface area contributed by atoms with Gasteiger partial charge in [0.1, 0.15) is 0 Å². The third-order valence-electron chi connectivity index (χ3n) is 8.87. The summed E-state index contributed by atoms with van der Waals surface area (Å²) in [6.07, 6.45) is -3.29. The van der Waals surface area contributed by atoms with E-state index in [9.17, 15) is 19.8 Å². The van der Waals surface area contributed by atoms with Gasteiger partial charge < -0.3 is 29.7 Å². The molecule has 0 saturated carbocycles. The van der Waals surface area contributed by atoms with Crippen molar-refractivity contribution in [2.45, 2.75) is 70.0 Å². The highest BCUT2D eigenvalue weighted by molar-refractivity contribution is 5.95. The van der Waals surface area contributed by atoms with Crippen LogP contribution in [0.25, 0.3) is 0 Å². The van der Waals surface area contributed by atoms with Crippen LogP contribution in [0.15, 0.2) is 109 Å². The highest BCUT2D eigenvalue weighted by atomic mass is 16.7. The summed E-state index contributed by atoms with van der Waals surface area (Å²) in [5.41, 5.74) is 4.81. The number of likely N-dealkylation sites (N-methyl/N-ethyl adjacent to an activating group) is 1. The third kappa shape index (κ3) is 8.55.